The van der Waals surface area contributed by atoms with Crippen LogP contribution in [0.2, 0.25) is 0 Å². The number of anilines is 1. The number of nitrogens with one attached hydrogen (secondary N) is 1. The van der Waals surface area contributed by atoms with Gasteiger partial charge < -0.3 is 15.8 Å². The summed E-state index contributed by atoms with van der Waals surface area (Å²) in [7, 11) is 0. The molecule has 2 aliphatic rings. The van der Waals surface area contributed by atoms with Crippen LogP contribution in [-0.4, -0.2) is 20.7 Å². The van der Waals surface area contributed by atoms with E-state index in [1.165, 1.54) is 16.7 Å². The van der Waals surface area contributed by atoms with E-state index >= 15 is 0 Å². The summed E-state index contributed by atoms with van der Waals surface area (Å²) >= 11 is 0. The Kier molecular flexibility index (Phi) is 5.19. The maximum atomic E-state index is 13.0. The van der Waals surface area contributed by atoms with Gasteiger partial charge in [-0.2, -0.15) is 5.10 Å². The number of amides is 1. The van der Waals surface area contributed by atoms with Crippen LogP contribution in [0.15, 0.2) is 48.5 Å². The first kappa shape index (κ1) is 22.5. The predicted molar refractivity (Wildman–Crippen MR) is 138 cm³/mol. The van der Waals surface area contributed by atoms with Crippen molar-refractivity contribution < 1.29 is 9.53 Å². The lowest BCUT2D eigenvalue weighted by Crippen LogP contribution is -2.24. The summed E-state index contributed by atoms with van der Waals surface area (Å²) in [4.78, 5) is 17.3. The van der Waals surface area contributed by atoms with Crippen molar-refractivity contribution in [3.8, 4) is 0 Å². The number of carbonyl (C=O) groups is 1. The molecular weight excluding hydrogens is 450 g/mol. The average Bonchev–Trinajstić information content (AvgIpc) is 3.49. The van der Waals surface area contributed by atoms with Gasteiger partial charge in [-0.3, -0.25) is 9.48 Å². The van der Waals surface area contributed by atoms with Crippen LogP contribution in [-0.2, 0) is 17.8 Å². The van der Waals surface area contributed by atoms with Gasteiger partial charge in [0.1, 0.15) is 18.0 Å². The second kappa shape index (κ2) is 8.31. The predicted octanol–water partition coefficient (Wildman–Crippen LogP) is 4.59. The maximum Gasteiger partial charge on any atom is 0.251 e. The lowest BCUT2D eigenvalue weighted by molar-refractivity contribution is 0.0857. The molecule has 1 amide bonds. The van der Waals surface area contributed by atoms with Crippen molar-refractivity contribution in [1.29, 1.82) is 0 Å². The highest BCUT2D eigenvalue weighted by Gasteiger charge is 2.43. The highest BCUT2D eigenvalue weighted by atomic mass is 16.5. The first-order valence-corrected chi connectivity index (χ1v) is 12.2. The third kappa shape index (κ3) is 3.67. The molecule has 182 valence electrons. The van der Waals surface area contributed by atoms with Crippen molar-refractivity contribution in [2.75, 3.05) is 5.73 Å². The van der Waals surface area contributed by atoms with Crippen molar-refractivity contribution in [1.82, 2.24) is 20.1 Å². The molecule has 2 aromatic carbocycles. The Morgan fingerprint density at radius 2 is 1.69 bits per heavy atom. The molecule has 2 atom stereocenters. The SMILES string of the molecule is Cc1cc(C)n(Cc2ccc3c(c2)C2OC3c3cc(C(=O)NCc4c(C)cc(N)nc4C)ccc32)n1. The number of nitrogens with zero attached hydrogens (tertiary/aromatic N) is 3. The van der Waals surface area contributed by atoms with E-state index in [9.17, 15) is 4.79 Å². The smallest absolute Gasteiger partial charge is 0.251 e. The molecule has 0 saturated heterocycles. The lowest BCUT2D eigenvalue weighted by Gasteiger charge is -2.18. The summed E-state index contributed by atoms with van der Waals surface area (Å²) in [6.45, 7) is 9.13. The van der Waals surface area contributed by atoms with E-state index in [1.807, 2.05) is 49.7 Å². The van der Waals surface area contributed by atoms with Crippen LogP contribution in [0.1, 0.15) is 78.6 Å². The Morgan fingerprint density at radius 1 is 0.972 bits per heavy atom. The first-order valence-electron chi connectivity index (χ1n) is 12.2. The van der Waals surface area contributed by atoms with Gasteiger partial charge in [-0.15, -0.1) is 0 Å². The molecule has 2 aliphatic heterocycles. The summed E-state index contributed by atoms with van der Waals surface area (Å²) in [6.07, 6.45) is -0.232. The summed E-state index contributed by atoms with van der Waals surface area (Å²) in [5.41, 5.74) is 17.3. The van der Waals surface area contributed by atoms with E-state index in [-0.39, 0.29) is 18.1 Å². The van der Waals surface area contributed by atoms with E-state index in [4.69, 9.17) is 10.5 Å². The van der Waals surface area contributed by atoms with Gasteiger partial charge in [-0.05, 0) is 90.9 Å². The molecule has 2 bridgehead atoms. The quantitative estimate of drug-likeness (QED) is 0.436. The van der Waals surface area contributed by atoms with Gasteiger partial charge in [0.25, 0.3) is 5.91 Å². The van der Waals surface area contributed by atoms with Crippen molar-refractivity contribution in [2.24, 2.45) is 0 Å². The number of nitrogens with two attached hydrogens (primary N) is 1. The van der Waals surface area contributed by atoms with Crippen LogP contribution in [0.3, 0.4) is 0 Å². The monoisotopic (exact) mass is 479 g/mol. The van der Waals surface area contributed by atoms with Gasteiger partial charge in [-0.1, -0.05) is 24.3 Å². The Hall–Kier alpha value is -3.97. The Balaban J connectivity index is 1.21. The number of aryl methyl sites for hydroxylation is 4. The van der Waals surface area contributed by atoms with Crippen molar-refractivity contribution in [2.45, 2.75) is 53.0 Å². The zero-order chi connectivity index (χ0) is 25.1. The minimum atomic E-state index is -0.138. The molecule has 0 aliphatic carbocycles. The highest BCUT2D eigenvalue weighted by molar-refractivity contribution is 5.94. The topological polar surface area (TPSA) is 95.1 Å². The van der Waals surface area contributed by atoms with E-state index in [1.54, 1.807) is 0 Å². The third-order valence-electron chi connectivity index (χ3n) is 7.34. The number of aromatic nitrogens is 3. The molecule has 0 radical (unpaired) electrons. The molecular formula is C29H29N5O2. The molecule has 36 heavy (non-hydrogen) atoms. The van der Waals surface area contributed by atoms with Crippen molar-refractivity contribution >= 4 is 11.7 Å². The summed E-state index contributed by atoms with van der Waals surface area (Å²) in [6, 6.07) is 16.4. The van der Waals surface area contributed by atoms with Gasteiger partial charge >= 0.3 is 0 Å². The van der Waals surface area contributed by atoms with Crippen LogP contribution >= 0.6 is 0 Å². The molecule has 2 unspecified atom stereocenters. The minimum Gasteiger partial charge on any atom is -0.384 e. The molecule has 0 fully saturated rings. The fourth-order valence-corrected chi connectivity index (χ4v) is 5.57. The number of fused-ring (bicyclic) bond motifs is 8. The molecule has 6 rings (SSSR count). The fourth-order valence-electron chi connectivity index (χ4n) is 5.57. The largest absolute Gasteiger partial charge is 0.384 e. The summed E-state index contributed by atoms with van der Waals surface area (Å²) < 4.78 is 8.41. The van der Waals surface area contributed by atoms with E-state index in [0.29, 0.717) is 17.9 Å². The van der Waals surface area contributed by atoms with Gasteiger partial charge in [0.2, 0.25) is 0 Å². The second-order valence-electron chi connectivity index (χ2n) is 9.90. The molecule has 2 aromatic heterocycles. The Morgan fingerprint density at radius 3 is 2.39 bits per heavy atom. The number of nitrogen functional groups attached to an aromatic ring is 1. The van der Waals surface area contributed by atoms with E-state index in [2.05, 4.69) is 46.6 Å². The number of ether oxygens (including phenoxy) is 1. The van der Waals surface area contributed by atoms with Gasteiger partial charge in [-0.25, -0.2) is 4.98 Å². The molecule has 4 heterocycles. The normalized spacial score (nSPS) is 17.2. The number of pyridine rings is 1. The minimum absolute atomic E-state index is 0.0938. The summed E-state index contributed by atoms with van der Waals surface area (Å²) in [5.74, 6) is 0.379. The molecule has 3 N–H and O–H groups in total. The van der Waals surface area contributed by atoms with E-state index < -0.39 is 0 Å². The standard InChI is InChI=1S/C29H29N5O2/c1-15-9-26(30)32-18(4)25(15)13-31-29(35)20-6-8-22-24(12-20)28-21-7-5-19(11-23(21)27(22)36-28)14-34-17(3)10-16(2)33-34/h5-12,27-28H,13-14H2,1-4H3,(H2,30,32)(H,31,35). The maximum absolute atomic E-state index is 13.0. The number of hydrogen-bond acceptors (Lipinski definition) is 5. The second-order valence-corrected chi connectivity index (χ2v) is 9.90. The van der Waals surface area contributed by atoms with Crippen LogP contribution < -0.4 is 11.1 Å². The molecule has 7 nitrogen and oxygen atoms in total. The third-order valence-corrected chi connectivity index (χ3v) is 7.34. The van der Waals surface area contributed by atoms with Crippen LogP contribution in [0.25, 0.3) is 0 Å². The van der Waals surface area contributed by atoms with Crippen molar-refractivity contribution in [3.05, 3.63) is 110 Å². The Labute approximate surface area is 210 Å². The van der Waals surface area contributed by atoms with Gasteiger partial charge in [0, 0.05) is 23.5 Å². The van der Waals surface area contributed by atoms with Gasteiger partial charge in [0.05, 0.1) is 12.2 Å². The molecule has 0 spiro atoms. The van der Waals surface area contributed by atoms with E-state index in [0.717, 1.165) is 45.9 Å². The fraction of sp³-hybridized carbons (Fsp3) is 0.276. The number of benzene rings is 2. The van der Waals surface area contributed by atoms with Crippen LogP contribution in [0, 0.1) is 27.7 Å². The first-order chi connectivity index (χ1) is 17.3. The number of hydrogen-bond donors (Lipinski definition) is 2. The van der Waals surface area contributed by atoms with Crippen LogP contribution in [0.5, 0.6) is 0 Å². The van der Waals surface area contributed by atoms with Crippen molar-refractivity contribution in [3.63, 3.8) is 0 Å². The number of carbonyl (C=O) groups excluding carboxylic acids is 1. The average molecular weight is 480 g/mol. The molecule has 4 aromatic rings. The van der Waals surface area contributed by atoms with Crippen LogP contribution in [0.4, 0.5) is 5.82 Å². The number of rotatable bonds is 5. The highest BCUT2D eigenvalue weighted by Crippen LogP contribution is 2.54. The zero-order valence-corrected chi connectivity index (χ0v) is 20.9. The molecule has 7 heteroatoms. The lowest BCUT2D eigenvalue weighted by atomic mass is 9.84. The summed E-state index contributed by atoms with van der Waals surface area (Å²) in [5, 5.41) is 7.63. The Bertz CT molecular complexity index is 1510. The van der Waals surface area contributed by atoms with Gasteiger partial charge in [0.15, 0.2) is 0 Å². The molecule has 0 saturated carbocycles. The zero-order valence-electron chi connectivity index (χ0n) is 20.9.